The predicted molar refractivity (Wildman–Crippen MR) is 211 cm³/mol. The van der Waals surface area contributed by atoms with Crippen LogP contribution in [0.4, 0.5) is 17.1 Å². The fraction of sp³-hybridized carbons (Fsp3) is 0.349. The lowest BCUT2D eigenvalue weighted by Crippen LogP contribution is -2.51. The standard InChI is InChI=1S/C43H47N5O5Si/c1-29-41(54(3,4)35-18-16-34(52-2)17-19-35)39(22-24-46-28-32(23-25-49)44-45-46)53-43(29)36-26-33(48-37-13-9-8-12-31(37)14-21-40(48)50)15-20-38(36)47(42(43)51)27-30-10-6-5-7-11-30/h5-13,15-20,26,28-29,39,41,49H,14,21-25,27H2,1-4H3/t29-,39+,41-,43+/m1/s1. The molecule has 1 saturated heterocycles. The number of hydrogen-bond acceptors (Lipinski definition) is 7. The lowest BCUT2D eigenvalue weighted by molar-refractivity contribution is -0.146. The number of amides is 2. The van der Waals surface area contributed by atoms with E-state index in [9.17, 15) is 9.90 Å². The fourth-order valence-electron chi connectivity index (χ4n) is 9.28. The van der Waals surface area contributed by atoms with Crippen LogP contribution in [0.5, 0.6) is 5.75 Å². The highest BCUT2D eigenvalue weighted by Gasteiger charge is 2.66. The maximum absolute atomic E-state index is 15.4. The van der Waals surface area contributed by atoms with Crippen molar-refractivity contribution in [2.45, 2.75) is 76.0 Å². The van der Waals surface area contributed by atoms with Gasteiger partial charge in [-0.2, -0.15) is 0 Å². The topological polar surface area (TPSA) is 110 Å². The van der Waals surface area contributed by atoms with E-state index in [1.807, 2.05) is 93.5 Å². The van der Waals surface area contributed by atoms with Gasteiger partial charge in [-0.05, 0) is 65.9 Å². The molecule has 1 spiro atoms. The summed E-state index contributed by atoms with van der Waals surface area (Å²) in [6.45, 7) is 7.90. The third-order valence-electron chi connectivity index (χ3n) is 11.9. The highest BCUT2D eigenvalue weighted by Crippen LogP contribution is 2.61. The minimum Gasteiger partial charge on any atom is -0.497 e. The summed E-state index contributed by atoms with van der Waals surface area (Å²) in [7, 11) is -0.717. The summed E-state index contributed by atoms with van der Waals surface area (Å²) in [5.41, 5.74) is 4.86. The van der Waals surface area contributed by atoms with Gasteiger partial charge in [0.05, 0.1) is 44.9 Å². The number of aliphatic hydroxyl groups is 1. The van der Waals surface area contributed by atoms with Crippen LogP contribution in [-0.2, 0) is 45.9 Å². The molecule has 0 aliphatic carbocycles. The lowest BCUT2D eigenvalue weighted by Gasteiger charge is -2.37. The Labute approximate surface area is 317 Å². The van der Waals surface area contributed by atoms with Crippen molar-refractivity contribution in [2.24, 2.45) is 5.92 Å². The van der Waals surface area contributed by atoms with Crippen LogP contribution < -0.4 is 19.7 Å². The van der Waals surface area contributed by atoms with Gasteiger partial charge in [-0.25, -0.2) is 0 Å². The predicted octanol–water partition coefficient (Wildman–Crippen LogP) is 6.29. The van der Waals surface area contributed by atoms with Gasteiger partial charge in [0.1, 0.15) is 5.75 Å². The summed E-state index contributed by atoms with van der Waals surface area (Å²) in [6, 6.07) is 32.5. The number of ether oxygens (including phenoxy) is 2. The zero-order valence-electron chi connectivity index (χ0n) is 31.3. The summed E-state index contributed by atoms with van der Waals surface area (Å²) >= 11 is 0. The number of benzene rings is 4. The molecule has 278 valence electrons. The number of hydrogen-bond donors (Lipinski definition) is 1. The van der Waals surface area contributed by atoms with Crippen molar-refractivity contribution in [3.8, 4) is 5.75 Å². The molecule has 11 heteroatoms. The summed E-state index contributed by atoms with van der Waals surface area (Å²) in [5.74, 6) is 0.550. The summed E-state index contributed by atoms with van der Waals surface area (Å²) in [6.07, 6.45) is 3.76. The van der Waals surface area contributed by atoms with Gasteiger partial charge in [0, 0.05) is 49.4 Å². The van der Waals surface area contributed by atoms with E-state index < -0.39 is 13.7 Å². The summed E-state index contributed by atoms with van der Waals surface area (Å²) < 4.78 is 14.8. The molecule has 4 atom stereocenters. The molecular weight excluding hydrogens is 695 g/mol. The van der Waals surface area contributed by atoms with E-state index >= 15 is 4.79 Å². The summed E-state index contributed by atoms with van der Waals surface area (Å²) in [4.78, 5) is 32.8. The van der Waals surface area contributed by atoms with Crippen LogP contribution in [0.3, 0.4) is 0 Å². The molecule has 0 bridgehead atoms. The number of para-hydroxylation sites is 1. The molecule has 5 aromatic rings. The quantitative estimate of drug-likeness (QED) is 0.159. The van der Waals surface area contributed by atoms with Crippen LogP contribution in [0.2, 0.25) is 18.6 Å². The smallest absolute Gasteiger partial charge is 0.264 e. The van der Waals surface area contributed by atoms with Crippen molar-refractivity contribution in [3.63, 3.8) is 0 Å². The second-order valence-corrected chi connectivity index (χ2v) is 20.0. The number of fused-ring (bicyclic) bond motifs is 3. The molecule has 1 fully saturated rings. The lowest BCUT2D eigenvalue weighted by atomic mass is 9.82. The van der Waals surface area contributed by atoms with Crippen molar-refractivity contribution in [1.29, 1.82) is 0 Å². The molecule has 1 N–H and O–H groups in total. The number of aliphatic hydroxyl groups excluding tert-OH is 1. The Bertz CT molecular complexity index is 2170. The van der Waals surface area contributed by atoms with Gasteiger partial charge >= 0.3 is 0 Å². The SMILES string of the molecule is COc1ccc([Si](C)(C)[C@H]2[C@H](CCn3cc(CCO)nn3)O[C@@]3(C(=O)N(Cc4ccccc4)c4ccc(N5C(=O)CCc6ccccc65)cc43)[C@@H]2C)cc1. The molecule has 10 nitrogen and oxygen atoms in total. The number of carbonyl (C=O) groups is 2. The van der Waals surface area contributed by atoms with Crippen molar-refractivity contribution in [3.05, 3.63) is 126 Å². The molecule has 2 amide bonds. The largest absolute Gasteiger partial charge is 0.497 e. The van der Waals surface area contributed by atoms with E-state index in [-0.39, 0.29) is 36.0 Å². The first-order valence-corrected chi connectivity index (χ1v) is 22.0. The van der Waals surface area contributed by atoms with E-state index in [4.69, 9.17) is 9.47 Å². The maximum Gasteiger partial charge on any atom is 0.264 e. The second-order valence-electron chi connectivity index (χ2n) is 15.3. The Morgan fingerprint density at radius 3 is 2.46 bits per heavy atom. The van der Waals surface area contributed by atoms with Crippen LogP contribution in [-0.4, -0.2) is 59.8 Å². The van der Waals surface area contributed by atoms with E-state index in [0.29, 0.717) is 38.8 Å². The Morgan fingerprint density at radius 1 is 0.944 bits per heavy atom. The Morgan fingerprint density at radius 2 is 1.70 bits per heavy atom. The Kier molecular flexibility index (Phi) is 9.49. The van der Waals surface area contributed by atoms with Gasteiger partial charge in [-0.3, -0.25) is 19.2 Å². The number of rotatable bonds is 11. The highest BCUT2D eigenvalue weighted by molar-refractivity contribution is 6.91. The average Bonchev–Trinajstić information content (AvgIpc) is 3.84. The van der Waals surface area contributed by atoms with Gasteiger partial charge in [0.2, 0.25) is 5.91 Å². The molecular formula is C43H47N5O5Si. The van der Waals surface area contributed by atoms with E-state index in [1.165, 1.54) is 5.19 Å². The minimum absolute atomic E-state index is 0.00574. The molecule has 1 aromatic heterocycles. The third-order valence-corrected chi connectivity index (χ3v) is 16.3. The van der Waals surface area contributed by atoms with Crippen LogP contribution in [0.1, 0.15) is 42.1 Å². The number of carbonyl (C=O) groups excluding carboxylic acids is 2. The number of nitrogens with zero attached hydrogens (tertiary/aromatic N) is 5. The first kappa shape index (κ1) is 35.9. The van der Waals surface area contributed by atoms with Gasteiger partial charge in [0.25, 0.3) is 5.91 Å². The van der Waals surface area contributed by atoms with Crippen molar-refractivity contribution in [2.75, 3.05) is 23.5 Å². The molecule has 0 unspecified atom stereocenters. The Balaban J connectivity index is 1.26. The number of aromatic nitrogens is 3. The first-order valence-electron chi connectivity index (χ1n) is 18.9. The van der Waals surface area contributed by atoms with Crippen molar-refractivity contribution in [1.82, 2.24) is 15.0 Å². The molecule has 54 heavy (non-hydrogen) atoms. The molecule has 4 heterocycles. The summed E-state index contributed by atoms with van der Waals surface area (Å²) in [5, 5.41) is 19.3. The number of methoxy groups -OCH3 is 1. The second kappa shape index (κ2) is 14.3. The molecule has 0 radical (unpaired) electrons. The highest BCUT2D eigenvalue weighted by atomic mass is 28.3. The maximum atomic E-state index is 15.4. The van der Waals surface area contributed by atoms with E-state index in [2.05, 4.69) is 54.6 Å². The molecule has 3 aliphatic heterocycles. The first-order chi connectivity index (χ1) is 26.1. The minimum atomic E-state index is -2.39. The van der Waals surface area contributed by atoms with Crippen LogP contribution in [0.25, 0.3) is 0 Å². The van der Waals surface area contributed by atoms with Crippen molar-refractivity contribution < 1.29 is 24.2 Å². The molecule has 8 rings (SSSR count). The van der Waals surface area contributed by atoms with Crippen LogP contribution in [0.15, 0.2) is 103 Å². The van der Waals surface area contributed by atoms with Crippen LogP contribution >= 0.6 is 0 Å². The van der Waals surface area contributed by atoms with Gasteiger partial charge in [0.15, 0.2) is 5.60 Å². The van der Waals surface area contributed by atoms with Crippen molar-refractivity contribution >= 4 is 42.1 Å². The van der Waals surface area contributed by atoms with Gasteiger partial charge < -0.3 is 19.5 Å². The third kappa shape index (κ3) is 6.04. The number of anilines is 3. The fourth-order valence-corrected chi connectivity index (χ4v) is 13.3. The normalized spacial score (nSPS) is 22.2. The van der Waals surface area contributed by atoms with Gasteiger partial charge in [-0.15, -0.1) is 5.10 Å². The Hall–Kier alpha value is -5.10. The molecule has 3 aliphatic rings. The zero-order chi connectivity index (χ0) is 37.6. The average molecular weight is 742 g/mol. The van der Waals surface area contributed by atoms with E-state index in [1.54, 1.807) is 7.11 Å². The number of aryl methyl sites for hydroxylation is 2. The van der Waals surface area contributed by atoms with E-state index in [0.717, 1.165) is 45.2 Å². The molecule has 0 saturated carbocycles. The zero-order valence-corrected chi connectivity index (χ0v) is 32.3. The monoisotopic (exact) mass is 741 g/mol. The molecule has 4 aromatic carbocycles. The van der Waals surface area contributed by atoms with Gasteiger partial charge in [-0.1, -0.05) is 91.1 Å². The van der Waals surface area contributed by atoms with Crippen LogP contribution in [0, 0.1) is 5.92 Å².